The van der Waals surface area contributed by atoms with Crippen molar-refractivity contribution in [3.05, 3.63) is 29.6 Å². The van der Waals surface area contributed by atoms with Crippen molar-refractivity contribution < 1.29 is 4.74 Å². The molecule has 0 aliphatic carbocycles. The number of nitrogens with one attached hydrogen (secondary N) is 1. The number of hydrogen-bond acceptors (Lipinski definition) is 4. The van der Waals surface area contributed by atoms with Crippen LogP contribution in [0, 0.1) is 5.41 Å². The molecule has 1 saturated heterocycles. The fourth-order valence-corrected chi connectivity index (χ4v) is 2.33. The second kappa shape index (κ2) is 5.93. The van der Waals surface area contributed by atoms with E-state index < -0.39 is 0 Å². The highest BCUT2D eigenvalue weighted by atomic mass is 16.5. The van der Waals surface area contributed by atoms with E-state index in [0.29, 0.717) is 11.7 Å². The SMILES string of the molecule is CN(Cc1cccnc1C(=N)N)C1CCOCC1. The predicted molar refractivity (Wildman–Crippen MR) is 70.6 cm³/mol. The zero-order chi connectivity index (χ0) is 13.0. The van der Waals surface area contributed by atoms with Crippen molar-refractivity contribution in [3.63, 3.8) is 0 Å². The summed E-state index contributed by atoms with van der Waals surface area (Å²) in [6, 6.07) is 4.41. The Morgan fingerprint density at radius 2 is 2.28 bits per heavy atom. The van der Waals surface area contributed by atoms with E-state index >= 15 is 0 Å². The molecule has 1 aromatic heterocycles. The molecule has 0 radical (unpaired) electrons. The zero-order valence-corrected chi connectivity index (χ0v) is 10.7. The fourth-order valence-electron chi connectivity index (χ4n) is 2.33. The van der Waals surface area contributed by atoms with E-state index in [0.717, 1.165) is 38.2 Å². The Labute approximate surface area is 107 Å². The molecule has 1 fully saturated rings. The van der Waals surface area contributed by atoms with Crippen LogP contribution in [0.4, 0.5) is 0 Å². The number of rotatable bonds is 4. The van der Waals surface area contributed by atoms with Crippen molar-refractivity contribution in [1.29, 1.82) is 5.41 Å². The molecule has 0 saturated carbocycles. The van der Waals surface area contributed by atoms with Gasteiger partial charge in [0.1, 0.15) is 11.5 Å². The summed E-state index contributed by atoms with van der Waals surface area (Å²) in [7, 11) is 2.10. The van der Waals surface area contributed by atoms with Crippen molar-refractivity contribution in [2.75, 3.05) is 20.3 Å². The smallest absolute Gasteiger partial charge is 0.142 e. The lowest BCUT2D eigenvalue weighted by Crippen LogP contribution is -2.36. The van der Waals surface area contributed by atoms with Gasteiger partial charge in [0.15, 0.2) is 0 Å². The molecule has 2 rings (SSSR count). The van der Waals surface area contributed by atoms with E-state index in [2.05, 4.69) is 16.9 Å². The Bertz CT molecular complexity index is 415. The van der Waals surface area contributed by atoms with Crippen LogP contribution in [0.25, 0.3) is 0 Å². The van der Waals surface area contributed by atoms with Gasteiger partial charge in [-0.15, -0.1) is 0 Å². The Kier molecular flexibility index (Phi) is 4.28. The molecule has 5 nitrogen and oxygen atoms in total. The van der Waals surface area contributed by atoms with Gasteiger partial charge < -0.3 is 10.5 Å². The minimum atomic E-state index is 0.0333. The molecule has 0 aromatic carbocycles. The van der Waals surface area contributed by atoms with Gasteiger partial charge in [0.05, 0.1) is 0 Å². The van der Waals surface area contributed by atoms with Gasteiger partial charge in [0, 0.05) is 32.0 Å². The molecule has 0 atom stereocenters. The van der Waals surface area contributed by atoms with E-state index in [1.807, 2.05) is 12.1 Å². The van der Waals surface area contributed by atoms with Gasteiger partial charge >= 0.3 is 0 Å². The number of ether oxygens (including phenoxy) is 1. The first-order chi connectivity index (χ1) is 8.68. The molecule has 98 valence electrons. The second-order valence-electron chi connectivity index (χ2n) is 4.68. The van der Waals surface area contributed by atoms with Crippen LogP contribution in [0.2, 0.25) is 0 Å². The van der Waals surface area contributed by atoms with E-state index in [1.165, 1.54) is 0 Å². The van der Waals surface area contributed by atoms with Crippen molar-refractivity contribution in [2.24, 2.45) is 5.73 Å². The predicted octanol–water partition coefficient (Wildman–Crippen LogP) is 0.976. The van der Waals surface area contributed by atoms with Crippen molar-refractivity contribution >= 4 is 5.84 Å². The van der Waals surface area contributed by atoms with Crippen LogP contribution in [0.15, 0.2) is 18.3 Å². The monoisotopic (exact) mass is 248 g/mol. The minimum Gasteiger partial charge on any atom is -0.382 e. The third-order valence-corrected chi connectivity index (χ3v) is 3.38. The standard InChI is InChI=1S/C13H20N4O/c1-17(11-4-7-18-8-5-11)9-10-3-2-6-16-12(10)13(14)15/h2-3,6,11H,4-5,7-9H2,1H3,(H3,14,15). The normalized spacial score (nSPS) is 17.0. The second-order valence-corrected chi connectivity index (χ2v) is 4.68. The van der Waals surface area contributed by atoms with Crippen LogP contribution >= 0.6 is 0 Å². The Morgan fingerprint density at radius 3 is 2.94 bits per heavy atom. The molecule has 2 heterocycles. The lowest BCUT2D eigenvalue weighted by molar-refractivity contribution is 0.0406. The number of nitrogen functional groups attached to an aromatic ring is 1. The highest BCUT2D eigenvalue weighted by molar-refractivity contribution is 5.94. The number of nitrogens with zero attached hydrogens (tertiary/aromatic N) is 2. The largest absolute Gasteiger partial charge is 0.382 e. The lowest BCUT2D eigenvalue weighted by Gasteiger charge is -2.31. The molecule has 0 spiro atoms. The number of aromatic nitrogens is 1. The molecule has 0 unspecified atom stereocenters. The molecule has 18 heavy (non-hydrogen) atoms. The molecule has 0 bridgehead atoms. The van der Waals surface area contributed by atoms with Crippen molar-refractivity contribution in [3.8, 4) is 0 Å². The van der Waals surface area contributed by atoms with Crippen molar-refractivity contribution in [2.45, 2.75) is 25.4 Å². The van der Waals surface area contributed by atoms with Crippen LogP contribution < -0.4 is 5.73 Å². The van der Waals surface area contributed by atoms with Crippen LogP contribution in [0.1, 0.15) is 24.1 Å². The van der Waals surface area contributed by atoms with Gasteiger partial charge in [0.25, 0.3) is 0 Å². The summed E-state index contributed by atoms with van der Waals surface area (Å²) in [5.74, 6) is 0.0333. The molecular formula is C13H20N4O. The Hall–Kier alpha value is -1.46. The quantitative estimate of drug-likeness (QED) is 0.615. The third kappa shape index (κ3) is 3.05. The van der Waals surface area contributed by atoms with Gasteiger partial charge in [0.2, 0.25) is 0 Å². The number of hydrogen-bond donors (Lipinski definition) is 2. The van der Waals surface area contributed by atoms with Gasteiger partial charge in [-0.25, -0.2) is 0 Å². The maximum Gasteiger partial charge on any atom is 0.142 e. The summed E-state index contributed by atoms with van der Waals surface area (Å²) < 4.78 is 5.37. The molecular weight excluding hydrogens is 228 g/mol. The minimum absolute atomic E-state index is 0.0333. The first-order valence-electron chi connectivity index (χ1n) is 6.24. The van der Waals surface area contributed by atoms with Gasteiger partial charge in [-0.2, -0.15) is 0 Å². The third-order valence-electron chi connectivity index (χ3n) is 3.38. The number of nitrogens with two attached hydrogens (primary N) is 1. The lowest BCUT2D eigenvalue weighted by atomic mass is 10.1. The summed E-state index contributed by atoms with van der Waals surface area (Å²) >= 11 is 0. The summed E-state index contributed by atoms with van der Waals surface area (Å²) in [5.41, 5.74) is 7.16. The van der Waals surface area contributed by atoms with Crippen LogP contribution in [-0.4, -0.2) is 42.0 Å². The fraction of sp³-hybridized carbons (Fsp3) is 0.538. The van der Waals surface area contributed by atoms with E-state index in [4.69, 9.17) is 15.9 Å². The average Bonchev–Trinajstić information content (AvgIpc) is 2.40. The molecule has 1 aliphatic rings. The van der Waals surface area contributed by atoms with Gasteiger partial charge in [-0.3, -0.25) is 15.3 Å². The Morgan fingerprint density at radius 1 is 1.56 bits per heavy atom. The van der Waals surface area contributed by atoms with Crippen molar-refractivity contribution in [1.82, 2.24) is 9.88 Å². The number of amidine groups is 1. The van der Waals surface area contributed by atoms with E-state index in [-0.39, 0.29) is 5.84 Å². The molecule has 0 amide bonds. The summed E-state index contributed by atoms with van der Waals surface area (Å²) in [6.07, 6.45) is 3.80. The first-order valence-corrected chi connectivity index (χ1v) is 6.24. The summed E-state index contributed by atoms with van der Waals surface area (Å²) in [5, 5.41) is 7.54. The molecule has 3 N–H and O–H groups in total. The maximum absolute atomic E-state index is 7.54. The maximum atomic E-state index is 7.54. The number of pyridine rings is 1. The molecule has 1 aromatic rings. The van der Waals surface area contributed by atoms with E-state index in [1.54, 1.807) is 6.20 Å². The summed E-state index contributed by atoms with van der Waals surface area (Å²) in [4.78, 5) is 6.47. The van der Waals surface area contributed by atoms with E-state index in [9.17, 15) is 0 Å². The van der Waals surface area contributed by atoms with Crippen LogP contribution in [-0.2, 0) is 11.3 Å². The molecule has 5 heteroatoms. The highest BCUT2D eigenvalue weighted by Gasteiger charge is 2.19. The van der Waals surface area contributed by atoms with Crippen LogP contribution in [0.5, 0.6) is 0 Å². The Balaban J connectivity index is 2.06. The van der Waals surface area contributed by atoms with Gasteiger partial charge in [-0.05, 0) is 31.5 Å². The average molecular weight is 248 g/mol. The first kappa shape index (κ1) is 13.0. The zero-order valence-electron chi connectivity index (χ0n) is 10.7. The van der Waals surface area contributed by atoms with Gasteiger partial charge in [-0.1, -0.05) is 6.07 Å². The topological polar surface area (TPSA) is 75.2 Å². The summed E-state index contributed by atoms with van der Waals surface area (Å²) in [6.45, 7) is 2.44. The van der Waals surface area contributed by atoms with Crippen LogP contribution in [0.3, 0.4) is 0 Å². The molecule has 1 aliphatic heterocycles. The highest BCUT2D eigenvalue weighted by Crippen LogP contribution is 2.16.